The van der Waals surface area contributed by atoms with Gasteiger partial charge in [-0.05, 0) is 30.2 Å². The molecule has 5 rings (SSSR count). The van der Waals surface area contributed by atoms with Crippen LogP contribution in [0.4, 0.5) is 0 Å². The maximum atomic E-state index is 12.3. The van der Waals surface area contributed by atoms with Gasteiger partial charge in [0.1, 0.15) is 5.76 Å². The normalized spacial score (nSPS) is 24.7. The van der Waals surface area contributed by atoms with E-state index in [1.807, 2.05) is 18.2 Å². The number of esters is 1. The van der Waals surface area contributed by atoms with Gasteiger partial charge in [-0.15, -0.1) is 0 Å². The summed E-state index contributed by atoms with van der Waals surface area (Å²) in [6.07, 6.45) is 2.69. The Morgan fingerprint density at radius 1 is 1.00 bits per heavy atom. The highest BCUT2D eigenvalue weighted by atomic mass is 16.7. The van der Waals surface area contributed by atoms with E-state index in [-0.39, 0.29) is 24.6 Å². The van der Waals surface area contributed by atoms with Crippen LogP contribution in [0.5, 0.6) is 17.2 Å². The quantitative estimate of drug-likeness (QED) is 0.755. The van der Waals surface area contributed by atoms with Gasteiger partial charge in [0.15, 0.2) is 23.0 Å². The molecule has 1 unspecified atom stereocenters. The molecule has 1 aromatic rings. The fraction of sp³-hybridized carbons (Fsp3) is 0.350. The van der Waals surface area contributed by atoms with Crippen LogP contribution in [-0.4, -0.2) is 34.1 Å². The summed E-state index contributed by atoms with van der Waals surface area (Å²) in [5.41, 5.74) is 2.61. The van der Waals surface area contributed by atoms with Gasteiger partial charge in [0.2, 0.25) is 12.5 Å². The molecule has 0 radical (unpaired) electrons. The molecule has 2 atom stereocenters. The number of carbonyl (C=O) groups excluding carboxylic acids is 1. The van der Waals surface area contributed by atoms with Crippen molar-refractivity contribution >= 4 is 5.97 Å². The molecule has 0 fully saturated rings. The SMILES string of the molecule is COc1cc([C@@H]2C3=CC4=C(OCO4)C(C3)C3=C2C(=O)O3)cc(OC)c1OC. The Morgan fingerprint density at radius 2 is 1.74 bits per heavy atom. The number of carbonyl (C=O) groups is 1. The molecule has 0 N–H and O–H groups in total. The molecule has 0 spiro atoms. The number of benzene rings is 1. The molecule has 0 saturated carbocycles. The Kier molecular flexibility index (Phi) is 3.40. The van der Waals surface area contributed by atoms with Crippen LogP contribution >= 0.6 is 0 Å². The predicted octanol–water partition coefficient (Wildman–Crippen LogP) is 2.78. The first-order valence-electron chi connectivity index (χ1n) is 8.62. The second-order valence-corrected chi connectivity index (χ2v) is 6.67. The van der Waals surface area contributed by atoms with Gasteiger partial charge in [0, 0.05) is 5.92 Å². The highest BCUT2D eigenvalue weighted by Crippen LogP contribution is 2.56. The van der Waals surface area contributed by atoms with Crippen molar-refractivity contribution in [2.75, 3.05) is 28.1 Å². The monoisotopic (exact) mass is 370 g/mol. The van der Waals surface area contributed by atoms with Crippen molar-refractivity contribution in [2.24, 2.45) is 5.92 Å². The fourth-order valence-electron chi connectivity index (χ4n) is 4.27. The minimum atomic E-state index is -0.303. The lowest BCUT2D eigenvalue weighted by Crippen LogP contribution is -2.37. The minimum Gasteiger partial charge on any atom is -0.493 e. The maximum absolute atomic E-state index is 12.3. The average molecular weight is 370 g/mol. The van der Waals surface area contributed by atoms with Crippen molar-refractivity contribution in [3.05, 3.63) is 52.2 Å². The minimum absolute atomic E-state index is 0.0894. The van der Waals surface area contributed by atoms with Gasteiger partial charge >= 0.3 is 5.97 Å². The van der Waals surface area contributed by atoms with E-state index in [9.17, 15) is 4.79 Å². The molecule has 2 aliphatic heterocycles. The zero-order valence-corrected chi connectivity index (χ0v) is 15.2. The van der Waals surface area contributed by atoms with Crippen molar-refractivity contribution in [3.63, 3.8) is 0 Å². The number of methoxy groups -OCH3 is 3. The highest BCUT2D eigenvalue weighted by molar-refractivity contribution is 5.99. The van der Waals surface area contributed by atoms with Gasteiger partial charge in [-0.3, -0.25) is 0 Å². The van der Waals surface area contributed by atoms with Crippen molar-refractivity contribution in [1.82, 2.24) is 0 Å². The van der Waals surface area contributed by atoms with Crippen LogP contribution in [0.25, 0.3) is 0 Å². The number of fused-ring (bicyclic) bond motifs is 4. The molecule has 140 valence electrons. The molecule has 2 heterocycles. The number of hydrogen-bond donors (Lipinski definition) is 0. The van der Waals surface area contributed by atoms with Gasteiger partial charge in [0.25, 0.3) is 0 Å². The molecule has 2 aliphatic carbocycles. The Labute approximate surface area is 155 Å². The summed E-state index contributed by atoms with van der Waals surface area (Å²) in [7, 11) is 4.70. The van der Waals surface area contributed by atoms with Crippen LogP contribution < -0.4 is 14.2 Å². The Bertz CT molecular complexity index is 928. The van der Waals surface area contributed by atoms with Gasteiger partial charge in [-0.25, -0.2) is 4.79 Å². The third-order valence-corrected chi connectivity index (χ3v) is 5.43. The molecule has 7 heteroatoms. The van der Waals surface area contributed by atoms with Gasteiger partial charge in [0.05, 0.1) is 32.8 Å². The summed E-state index contributed by atoms with van der Waals surface area (Å²) < 4.78 is 33.0. The van der Waals surface area contributed by atoms with Gasteiger partial charge in [-0.1, -0.05) is 5.57 Å². The molecular formula is C20H18O7. The first kappa shape index (κ1) is 16.1. The standard InChI is InChI=1S/C20H18O7/c1-22-12-5-10(6-13(23-2)19(12)24-3)15-9-4-11(18-16(15)20(21)27-18)17-14(7-9)25-8-26-17/h5-7,11,15H,4,8H2,1-3H3/t11?,15-/m0/s1. The molecule has 0 aromatic heterocycles. The first-order valence-corrected chi connectivity index (χ1v) is 8.62. The third-order valence-electron chi connectivity index (χ3n) is 5.43. The lowest BCUT2D eigenvalue weighted by atomic mass is 9.69. The zero-order chi connectivity index (χ0) is 18.7. The first-order chi connectivity index (χ1) is 13.2. The van der Waals surface area contributed by atoms with E-state index in [0.717, 1.165) is 23.3 Å². The highest BCUT2D eigenvalue weighted by Gasteiger charge is 2.51. The summed E-state index contributed by atoms with van der Waals surface area (Å²) in [5, 5.41) is 0. The number of allylic oxidation sites excluding steroid dienone is 2. The molecular weight excluding hydrogens is 352 g/mol. The van der Waals surface area contributed by atoms with Crippen molar-refractivity contribution in [1.29, 1.82) is 0 Å². The zero-order valence-electron chi connectivity index (χ0n) is 15.2. The topological polar surface area (TPSA) is 72.5 Å². The van der Waals surface area contributed by atoms with E-state index in [1.54, 1.807) is 21.3 Å². The second kappa shape index (κ2) is 5.70. The lowest BCUT2D eigenvalue weighted by molar-refractivity contribution is -0.143. The van der Waals surface area contributed by atoms with E-state index in [2.05, 4.69) is 0 Å². The summed E-state index contributed by atoms with van der Waals surface area (Å²) >= 11 is 0. The Morgan fingerprint density at radius 3 is 2.37 bits per heavy atom. The Balaban J connectivity index is 1.69. The third kappa shape index (κ3) is 2.11. The van der Waals surface area contributed by atoms with E-state index >= 15 is 0 Å². The van der Waals surface area contributed by atoms with Crippen molar-refractivity contribution < 1.29 is 33.2 Å². The van der Waals surface area contributed by atoms with Crippen LogP contribution in [0.1, 0.15) is 17.9 Å². The molecule has 4 aliphatic rings. The fourth-order valence-corrected chi connectivity index (χ4v) is 4.27. The lowest BCUT2D eigenvalue weighted by Gasteiger charge is -2.41. The molecule has 0 amide bonds. The molecule has 0 saturated heterocycles. The summed E-state index contributed by atoms with van der Waals surface area (Å²) in [6, 6.07) is 3.75. The molecule has 1 aromatic carbocycles. The number of rotatable bonds is 4. The van der Waals surface area contributed by atoms with Crippen LogP contribution in [-0.2, 0) is 19.0 Å². The Hall–Kier alpha value is -3.09. The summed E-state index contributed by atoms with van der Waals surface area (Å²) in [6.45, 7) is 0.191. The predicted molar refractivity (Wildman–Crippen MR) is 92.2 cm³/mol. The van der Waals surface area contributed by atoms with Crippen LogP contribution in [0.2, 0.25) is 0 Å². The van der Waals surface area contributed by atoms with E-state index in [4.69, 9.17) is 28.4 Å². The van der Waals surface area contributed by atoms with Crippen molar-refractivity contribution in [3.8, 4) is 17.2 Å². The van der Waals surface area contributed by atoms with Crippen molar-refractivity contribution in [2.45, 2.75) is 12.3 Å². The second-order valence-electron chi connectivity index (χ2n) is 6.67. The van der Waals surface area contributed by atoms with E-state index < -0.39 is 0 Å². The molecule has 7 nitrogen and oxygen atoms in total. The summed E-state index contributed by atoms with van der Waals surface area (Å²) in [5.74, 6) is 3.10. The van der Waals surface area contributed by atoms with E-state index in [1.165, 1.54) is 0 Å². The number of hydrogen-bond acceptors (Lipinski definition) is 7. The smallest absolute Gasteiger partial charge is 0.343 e. The van der Waals surface area contributed by atoms with E-state index in [0.29, 0.717) is 34.3 Å². The maximum Gasteiger partial charge on any atom is 0.343 e. The van der Waals surface area contributed by atoms with Crippen LogP contribution in [0.3, 0.4) is 0 Å². The molecule has 2 bridgehead atoms. The van der Waals surface area contributed by atoms with Gasteiger partial charge in [-0.2, -0.15) is 0 Å². The van der Waals surface area contributed by atoms with Crippen LogP contribution in [0, 0.1) is 5.92 Å². The number of ether oxygens (including phenoxy) is 6. The van der Waals surface area contributed by atoms with Gasteiger partial charge < -0.3 is 28.4 Å². The molecule has 27 heavy (non-hydrogen) atoms. The average Bonchev–Trinajstić information content (AvgIpc) is 3.16. The largest absolute Gasteiger partial charge is 0.493 e. The summed E-state index contributed by atoms with van der Waals surface area (Å²) in [4.78, 5) is 12.3. The van der Waals surface area contributed by atoms with Crippen LogP contribution in [0.15, 0.2) is 46.6 Å².